The molecule has 2 aromatic rings. The first-order valence-electron chi connectivity index (χ1n) is 5.80. The lowest BCUT2D eigenvalue weighted by atomic mass is 10.1. The molecule has 0 aliphatic heterocycles. The van der Waals surface area contributed by atoms with Gasteiger partial charge in [-0.15, -0.1) is 0 Å². The summed E-state index contributed by atoms with van der Waals surface area (Å²) in [5, 5.41) is 28.9. The number of aliphatic hydroxyl groups excluding tert-OH is 1. The van der Waals surface area contributed by atoms with Crippen molar-refractivity contribution in [2.45, 2.75) is 6.61 Å². The molecular formula is C14H9BrN2O4. The average Bonchev–Trinajstić information content (AvgIpc) is 2.47. The van der Waals surface area contributed by atoms with E-state index in [9.17, 15) is 10.1 Å². The van der Waals surface area contributed by atoms with Gasteiger partial charge in [0, 0.05) is 10.5 Å². The fourth-order valence-corrected chi connectivity index (χ4v) is 2.15. The average molecular weight is 349 g/mol. The van der Waals surface area contributed by atoms with Crippen molar-refractivity contribution in [1.29, 1.82) is 5.26 Å². The molecule has 0 saturated carbocycles. The first-order chi connectivity index (χ1) is 10.0. The lowest BCUT2D eigenvalue weighted by Crippen LogP contribution is -1.93. The fraction of sp³-hybridized carbons (Fsp3) is 0.0714. The minimum absolute atomic E-state index is 0.120. The van der Waals surface area contributed by atoms with Crippen molar-refractivity contribution >= 4 is 21.6 Å². The molecule has 106 valence electrons. The summed E-state index contributed by atoms with van der Waals surface area (Å²) in [6, 6.07) is 10.8. The first-order valence-corrected chi connectivity index (χ1v) is 6.59. The van der Waals surface area contributed by atoms with Gasteiger partial charge in [-0.25, -0.2) is 0 Å². The van der Waals surface area contributed by atoms with Crippen LogP contribution in [0.15, 0.2) is 40.9 Å². The molecule has 0 amide bonds. The lowest BCUT2D eigenvalue weighted by molar-refractivity contribution is -0.385. The van der Waals surface area contributed by atoms with Gasteiger partial charge in [0.2, 0.25) is 0 Å². The fourth-order valence-electron chi connectivity index (χ4n) is 1.69. The second kappa shape index (κ2) is 6.35. The van der Waals surface area contributed by atoms with E-state index in [2.05, 4.69) is 15.9 Å². The topological polar surface area (TPSA) is 96.4 Å². The molecule has 0 saturated heterocycles. The molecule has 0 fully saturated rings. The van der Waals surface area contributed by atoms with Crippen molar-refractivity contribution in [1.82, 2.24) is 0 Å². The van der Waals surface area contributed by atoms with E-state index in [1.807, 2.05) is 6.07 Å². The molecule has 1 N–H and O–H groups in total. The molecule has 0 heterocycles. The number of rotatable bonds is 4. The third-order valence-electron chi connectivity index (χ3n) is 2.64. The molecule has 0 atom stereocenters. The Morgan fingerprint density at radius 2 is 2.10 bits per heavy atom. The second-order valence-electron chi connectivity index (χ2n) is 4.10. The van der Waals surface area contributed by atoms with E-state index in [0.29, 0.717) is 10.0 Å². The quantitative estimate of drug-likeness (QED) is 0.673. The molecule has 0 aromatic heterocycles. The number of nitrogens with zero attached hydrogens (tertiary/aromatic N) is 2. The van der Waals surface area contributed by atoms with Gasteiger partial charge in [-0.1, -0.05) is 22.0 Å². The van der Waals surface area contributed by atoms with E-state index in [4.69, 9.17) is 15.1 Å². The predicted octanol–water partition coefficient (Wildman–Crippen LogP) is 3.51. The maximum absolute atomic E-state index is 10.8. The van der Waals surface area contributed by atoms with Crippen LogP contribution in [0.4, 0.5) is 5.69 Å². The molecule has 0 aliphatic rings. The predicted molar refractivity (Wildman–Crippen MR) is 78.0 cm³/mol. The zero-order valence-electron chi connectivity index (χ0n) is 10.6. The van der Waals surface area contributed by atoms with Gasteiger partial charge >= 0.3 is 0 Å². The molecule has 6 nitrogen and oxygen atoms in total. The summed E-state index contributed by atoms with van der Waals surface area (Å²) in [6.07, 6.45) is 0. The molecule has 0 bridgehead atoms. The number of halogens is 1. The summed E-state index contributed by atoms with van der Waals surface area (Å²) in [7, 11) is 0. The molecule has 0 spiro atoms. The highest BCUT2D eigenvalue weighted by molar-refractivity contribution is 9.10. The van der Waals surface area contributed by atoms with Gasteiger partial charge in [-0.05, 0) is 23.8 Å². The number of hydrogen-bond acceptors (Lipinski definition) is 5. The van der Waals surface area contributed by atoms with E-state index in [0.717, 1.165) is 0 Å². The first kappa shape index (κ1) is 15.0. The number of non-ortho nitro benzene ring substituents is 1. The SMILES string of the molecule is N#Cc1cc(CO)ccc1Oc1cc(Br)cc([N+](=O)[O-])c1. The number of benzene rings is 2. The normalized spacial score (nSPS) is 9.95. The Morgan fingerprint density at radius 1 is 1.33 bits per heavy atom. The van der Waals surface area contributed by atoms with E-state index in [1.165, 1.54) is 24.3 Å². The van der Waals surface area contributed by atoms with Crippen molar-refractivity contribution in [3.05, 3.63) is 62.1 Å². The summed E-state index contributed by atoms with van der Waals surface area (Å²) in [6.45, 7) is -0.183. The Labute approximate surface area is 128 Å². The van der Waals surface area contributed by atoms with E-state index >= 15 is 0 Å². The van der Waals surface area contributed by atoms with Crippen molar-refractivity contribution in [2.24, 2.45) is 0 Å². The van der Waals surface area contributed by atoms with E-state index in [1.54, 1.807) is 12.1 Å². The third-order valence-corrected chi connectivity index (χ3v) is 3.10. The Morgan fingerprint density at radius 3 is 2.71 bits per heavy atom. The number of nitro benzene ring substituents is 1. The van der Waals surface area contributed by atoms with Crippen LogP contribution >= 0.6 is 15.9 Å². The number of ether oxygens (including phenoxy) is 1. The van der Waals surface area contributed by atoms with Gasteiger partial charge in [0.25, 0.3) is 5.69 Å². The van der Waals surface area contributed by atoms with Gasteiger partial charge in [0.05, 0.1) is 23.2 Å². The molecule has 0 aliphatic carbocycles. The minimum Gasteiger partial charge on any atom is -0.456 e. The Hall–Kier alpha value is -2.43. The summed E-state index contributed by atoms with van der Waals surface area (Å²) in [5.74, 6) is 0.506. The lowest BCUT2D eigenvalue weighted by Gasteiger charge is -2.09. The summed E-state index contributed by atoms with van der Waals surface area (Å²) in [4.78, 5) is 10.3. The van der Waals surface area contributed by atoms with Crippen LogP contribution in [0.3, 0.4) is 0 Å². The molecule has 2 aromatic carbocycles. The number of nitro groups is 1. The van der Waals surface area contributed by atoms with Crippen LogP contribution in [0.2, 0.25) is 0 Å². The van der Waals surface area contributed by atoms with Crippen molar-refractivity contribution in [3.63, 3.8) is 0 Å². The Bertz CT molecular complexity index is 740. The van der Waals surface area contributed by atoms with Gasteiger partial charge in [0.15, 0.2) is 0 Å². The van der Waals surface area contributed by atoms with Crippen molar-refractivity contribution in [3.8, 4) is 17.6 Å². The van der Waals surface area contributed by atoms with Gasteiger partial charge in [-0.2, -0.15) is 5.26 Å². The van der Waals surface area contributed by atoms with Crippen LogP contribution in [0.5, 0.6) is 11.5 Å². The van der Waals surface area contributed by atoms with Gasteiger partial charge < -0.3 is 9.84 Å². The third kappa shape index (κ3) is 3.56. The maximum Gasteiger partial charge on any atom is 0.274 e. The molecule has 0 radical (unpaired) electrons. The van der Waals surface area contributed by atoms with Crippen LogP contribution < -0.4 is 4.74 Å². The smallest absolute Gasteiger partial charge is 0.274 e. The number of nitriles is 1. The van der Waals surface area contributed by atoms with Crippen LogP contribution in [-0.2, 0) is 6.61 Å². The van der Waals surface area contributed by atoms with Crippen molar-refractivity contribution < 1.29 is 14.8 Å². The van der Waals surface area contributed by atoms with Crippen LogP contribution in [0.25, 0.3) is 0 Å². The summed E-state index contributed by atoms with van der Waals surface area (Å²) in [5.41, 5.74) is 0.702. The molecule has 0 unspecified atom stereocenters. The van der Waals surface area contributed by atoms with E-state index < -0.39 is 4.92 Å². The van der Waals surface area contributed by atoms with Crippen LogP contribution in [-0.4, -0.2) is 10.0 Å². The Kier molecular flexibility index (Phi) is 4.52. The van der Waals surface area contributed by atoms with Gasteiger partial charge in [0.1, 0.15) is 17.6 Å². The zero-order chi connectivity index (χ0) is 15.4. The minimum atomic E-state index is -0.530. The molecule has 2 rings (SSSR count). The largest absolute Gasteiger partial charge is 0.456 e. The monoisotopic (exact) mass is 348 g/mol. The van der Waals surface area contributed by atoms with Crippen LogP contribution in [0.1, 0.15) is 11.1 Å². The second-order valence-corrected chi connectivity index (χ2v) is 5.02. The van der Waals surface area contributed by atoms with Crippen molar-refractivity contribution in [2.75, 3.05) is 0 Å². The molecule has 7 heteroatoms. The number of hydrogen-bond donors (Lipinski definition) is 1. The van der Waals surface area contributed by atoms with E-state index in [-0.39, 0.29) is 29.4 Å². The Balaban J connectivity index is 2.38. The highest BCUT2D eigenvalue weighted by Gasteiger charge is 2.12. The highest BCUT2D eigenvalue weighted by atomic mass is 79.9. The molecule has 21 heavy (non-hydrogen) atoms. The zero-order valence-corrected chi connectivity index (χ0v) is 12.2. The van der Waals surface area contributed by atoms with Gasteiger partial charge in [-0.3, -0.25) is 10.1 Å². The number of aliphatic hydroxyl groups is 1. The maximum atomic E-state index is 10.8. The summed E-state index contributed by atoms with van der Waals surface area (Å²) < 4.78 is 6.03. The summed E-state index contributed by atoms with van der Waals surface area (Å²) >= 11 is 3.17. The molecular weight excluding hydrogens is 340 g/mol. The highest BCUT2D eigenvalue weighted by Crippen LogP contribution is 2.31. The van der Waals surface area contributed by atoms with Crippen LogP contribution in [0, 0.1) is 21.4 Å². The standard InChI is InChI=1S/C14H9BrN2O4/c15-11-4-12(17(19)20)6-13(5-11)21-14-2-1-9(8-18)3-10(14)7-16/h1-6,18H,8H2.